The molecule has 0 saturated carbocycles. The van der Waals surface area contributed by atoms with Crippen LogP contribution in [0.25, 0.3) is 0 Å². The summed E-state index contributed by atoms with van der Waals surface area (Å²) < 4.78 is 0. The van der Waals surface area contributed by atoms with Crippen molar-refractivity contribution in [3.8, 4) is 0 Å². The van der Waals surface area contributed by atoms with Gasteiger partial charge in [-0.15, -0.1) is 0 Å². The molecule has 66 heavy (non-hydrogen) atoms. The van der Waals surface area contributed by atoms with Crippen molar-refractivity contribution in [3.63, 3.8) is 0 Å². The van der Waals surface area contributed by atoms with Crippen LogP contribution in [-0.4, -0.2) is 5.66 Å². The molecule has 0 unspecified atom stereocenters. The molecule has 9 aromatic carbocycles. The normalized spacial score (nSPS) is 12.9. The van der Waals surface area contributed by atoms with Crippen molar-refractivity contribution in [1.82, 2.24) is 0 Å². The first-order valence-corrected chi connectivity index (χ1v) is 22.7. The minimum absolute atomic E-state index is 0.0989. The van der Waals surface area contributed by atoms with Crippen LogP contribution in [0.1, 0.15) is 22.6 Å². The Morgan fingerprint density at radius 3 is 0.939 bits per heavy atom. The zero-order valence-electron chi connectivity index (χ0n) is 37.3. The summed E-state index contributed by atoms with van der Waals surface area (Å²) in [7, 11) is 0. The van der Waals surface area contributed by atoms with Crippen molar-refractivity contribution in [3.05, 3.63) is 290 Å². The molecule has 0 aromatic heterocycles. The monoisotopic (exact) mass is 852 g/mol. The number of allylic oxidation sites excluding steroid dienone is 2. The number of nitrogens with zero attached hydrogens (tertiary/aromatic N) is 4. The lowest BCUT2D eigenvalue weighted by atomic mass is 9.87. The molecular formula is C62H52N4. The highest BCUT2D eigenvalue weighted by molar-refractivity contribution is 5.83. The second-order valence-electron chi connectivity index (χ2n) is 16.8. The van der Waals surface area contributed by atoms with Crippen molar-refractivity contribution >= 4 is 56.9 Å². The average Bonchev–Trinajstić information content (AvgIpc) is 3.37. The molecule has 1 aliphatic rings. The van der Waals surface area contributed by atoms with E-state index >= 15 is 0 Å². The molecule has 0 aliphatic heterocycles. The van der Waals surface area contributed by atoms with Gasteiger partial charge in [0, 0.05) is 62.8 Å². The number of hydrogen-bond donors (Lipinski definition) is 0. The number of anilines is 10. The summed E-state index contributed by atoms with van der Waals surface area (Å²) in [5.74, 6) is 0.0989. The smallest absolute Gasteiger partial charge is 0.160 e. The van der Waals surface area contributed by atoms with Gasteiger partial charge >= 0.3 is 0 Å². The number of benzene rings is 9. The molecule has 320 valence electrons. The highest BCUT2D eigenvalue weighted by Crippen LogP contribution is 2.48. The van der Waals surface area contributed by atoms with Crippen LogP contribution in [0.15, 0.2) is 273 Å². The summed E-state index contributed by atoms with van der Waals surface area (Å²) in [5.41, 5.74) is 13.6. The van der Waals surface area contributed by atoms with E-state index in [0.717, 1.165) is 56.9 Å². The van der Waals surface area contributed by atoms with Crippen LogP contribution in [0, 0.1) is 13.8 Å². The molecule has 0 heterocycles. The Morgan fingerprint density at radius 2 is 0.576 bits per heavy atom. The van der Waals surface area contributed by atoms with Crippen LogP contribution in [0.4, 0.5) is 56.9 Å². The number of aryl methyl sites for hydroxylation is 2. The van der Waals surface area contributed by atoms with E-state index in [1.165, 1.54) is 16.7 Å². The summed E-state index contributed by atoms with van der Waals surface area (Å²) in [6.45, 7) is 4.30. The van der Waals surface area contributed by atoms with Gasteiger partial charge in [-0.1, -0.05) is 140 Å². The van der Waals surface area contributed by atoms with Crippen molar-refractivity contribution in [2.75, 3.05) is 19.6 Å². The van der Waals surface area contributed by atoms with E-state index in [1.807, 2.05) is 0 Å². The molecular weight excluding hydrogens is 801 g/mol. The molecule has 0 bridgehead atoms. The van der Waals surface area contributed by atoms with Gasteiger partial charge in [0.05, 0.1) is 0 Å². The Morgan fingerprint density at radius 1 is 0.288 bits per heavy atom. The van der Waals surface area contributed by atoms with E-state index < -0.39 is 5.66 Å². The molecule has 0 radical (unpaired) electrons. The Hall–Kier alpha value is -8.34. The fraction of sp³-hybridized carbons (Fsp3) is 0.0645. The summed E-state index contributed by atoms with van der Waals surface area (Å²) in [4.78, 5) is 9.62. The molecule has 0 saturated heterocycles. The van der Waals surface area contributed by atoms with Crippen LogP contribution >= 0.6 is 0 Å². The molecule has 9 aromatic rings. The van der Waals surface area contributed by atoms with E-state index in [-0.39, 0.29) is 5.92 Å². The third-order valence-corrected chi connectivity index (χ3v) is 12.3. The lowest BCUT2D eigenvalue weighted by Crippen LogP contribution is -2.56. The zero-order chi connectivity index (χ0) is 44.7. The van der Waals surface area contributed by atoms with E-state index in [4.69, 9.17) is 0 Å². The SMILES string of the molecule is Cc1cccc(N(c2ccccc2)c2ccc(N(c3ccccc3)C3(N(c4ccccc4)c4ccc(N(c5ccccc5)c5cccc(C)c5)cc4)C=CC(c4ccccc4)C=C3)cc2)c1. The maximum absolute atomic E-state index is 2.48. The lowest BCUT2D eigenvalue weighted by molar-refractivity contribution is 0.625. The van der Waals surface area contributed by atoms with Gasteiger partial charge in [0.15, 0.2) is 5.66 Å². The van der Waals surface area contributed by atoms with Crippen molar-refractivity contribution in [2.45, 2.75) is 25.4 Å². The fourth-order valence-corrected chi connectivity index (χ4v) is 9.27. The highest BCUT2D eigenvalue weighted by atomic mass is 15.4. The maximum Gasteiger partial charge on any atom is 0.160 e. The van der Waals surface area contributed by atoms with E-state index in [2.05, 4.69) is 306 Å². The molecule has 4 heteroatoms. The predicted octanol–water partition coefficient (Wildman–Crippen LogP) is 16.8. The Balaban J connectivity index is 1.15. The summed E-state index contributed by atoms with van der Waals surface area (Å²) in [5, 5.41) is 0. The topological polar surface area (TPSA) is 13.0 Å². The van der Waals surface area contributed by atoms with E-state index in [1.54, 1.807) is 0 Å². The van der Waals surface area contributed by atoms with Crippen LogP contribution in [0.5, 0.6) is 0 Å². The van der Waals surface area contributed by atoms with Crippen LogP contribution in [0.3, 0.4) is 0 Å². The summed E-state index contributed by atoms with van der Waals surface area (Å²) in [6.07, 6.45) is 9.54. The van der Waals surface area contributed by atoms with Gasteiger partial charge in [-0.3, -0.25) is 0 Å². The van der Waals surface area contributed by atoms with Gasteiger partial charge in [-0.2, -0.15) is 0 Å². The quantitative estimate of drug-likeness (QED) is 0.0846. The summed E-state index contributed by atoms with van der Waals surface area (Å²) >= 11 is 0. The average molecular weight is 853 g/mol. The Bertz CT molecular complexity index is 2850. The second-order valence-corrected chi connectivity index (χ2v) is 16.8. The van der Waals surface area contributed by atoms with Gasteiger partial charge in [0.25, 0.3) is 0 Å². The molecule has 10 rings (SSSR count). The van der Waals surface area contributed by atoms with Gasteiger partial charge in [-0.25, -0.2) is 0 Å². The first-order valence-electron chi connectivity index (χ1n) is 22.7. The lowest BCUT2D eigenvalue weighted by Gasteiger charge is -2.51. The van der Waals surface area contributed by atoms with E-state index in [9.17, 15) is 0 Å². The van der Waals surface area contributed by atoms with Crippen molar-refractivity contribution < 1.29 is 0 Å². The number of rotatable bonds is 13. The molecule has 0 fully saturated rings. The van der Waals surface area contributed by atoms with Crippen LogP contribution in [0.2, 0.25) is 0 Å². The minimum Gasteiger partial charge on any atom is -0.311 e. The van der Waals surface area contributed by atoms with Crippen LogP contribution in [-0.2, 0) is 0 Å². The fourth-order valence-electron chi connectivity index (χ4n) is 9.27. The first-order chi connectivity index (χ1) is 32.5. The largest absolute Gasteiger partial charge is 0.311 e. The molecule has 1 aliphatic carbocycles. The van der Waals surface area contributed by atoms with Gasteiger partial charge in [0.1, 0.15) is 0 Å². The number of hydrogen-bond acceptors (Lipinski definition) is 4. The van der Waals surface area contributed by atoms with Crippen molar-refractivity contribution in [2.24, 2.45) is 0 Å². The highest BCUT2D eigenvalue weighted by Gasteiger charge is 2.43. The predicted molar refractivity (Wildman–Crippen MR) is 279 cm³/mol. The standard InChI is InChI=1S/C62H52N4/c1-48-20-18-32-60(46-48)63(52-24-10-4-11-25-52)54-34-38-58(39-35-54)65(56-28-14-6-15-29-56)62(44-42-51(43-45-62)50-22-8-3-9-23-50)66(57-30-16-7-17-31-57)59-40-36-55(37-41-59)64(53-26-12-5-13-27-53)61-33-19-21-49(2)47-61/h3-47,51H,1-2H3. The summed E-state index contributed by atoms with van der Waals surface area (Å²) in [6, 6.07) is 89.1. The molecule has 0 N–H and O–H groups in total. The zero-order valence-corrected chi connectivity index (χ0v) is 37.3. The maximum atomic E-state index is 2.48. The molecule has 4 nitrogen and oxygen atoms in total. The Labute approximate surface area is 389 Å². The molecule has 0 amide bonds. The molecule has 0 spiro atoms. The number of para-hydroxylation sites is 4. The van der Waals surface area contributed by atoms with Crippen molar-refractivity contribution in [1.29, 1.82) is 0 Å². The minimum atomic E-state index is -0.859. The second kappa shape index (κ2) is 18.8. The Kier molecular flexibility index (Phi) is 11.9. The third-order valence-electron chi connectivity index (χ3n) is 12.3. The van der Waals surface area contributed by atoms with Crippen LogP contribution < -0.4 is 19.6 Å². The first kappa shape index (κ1) is 41.7. The third kappa shape index (κ3) is 8.53. The van der Waals surface area contributed by atoms with Gasteiger partial charge < -0.3 is 19.6 Å². The van der Waals surface area contributed by atoms with Gasteiger partial charge in [0.2, 0.25) is 0 Å². The van der Waals surface area contributed by atoms with E-state index in [0.29, 0.717) is 0 Å². The molecule has 0 atom stereocenters. The van der Waals surface area contributed by atoms with Gasteiger partial charge in [-0.05, 0) is 164 Å².